The van der Waals surface area contributed by atoms with Gasteiger partial charge in [-0.2, -0.15) is 13.1 Å². The zero-order valence-electron chi connectivity index (χ0n) is 5.01. The molecule has 0 saturated carbocycles. The van der Waals surface area contributed by atoms with Crippen LogP contribution in [0.4, 0.5) is 0 Å². The Balaban J connectivity index is 2.90. The van der Waals surface area contributed by atoms with Crippen LogP contribution in [0.2, 0.25) is 0 Å². The van der Waals surface area contributed by atoms with E-state index in [4.69, 9.17) is 0 Å². The average molecular weight is 148 g/mol. The molecule has 1 rings (SSSR count). The van der Waals surface area contributed by atoms with E-state index in [1.807, 2.05) is 0 Å². The summed E-state index contributed by atoms with van der Waals surface area (Å²) in [5.74, 6) is 0. The van der Waals surface area contributed by atoms with Gasteiger partial charge in [0.05, 0.1) is 6.04 Å². The van der Waals surface area contributed by atoms with Crippen LogP contribution in [0.5, 0.6) is 0 Å². The van der Waals surface area contributed by atoms with Gasteiger partial charge in [-0.25, -0.2) is 0 Å². The van der Waals surface area contributed by atoms with Gasteiger partial charge in [-0.15, -0.1) is 0 Å². The summed E-state index contributed by atoms with van der Waals surface area (Å²) in [6, 6.07) is -0.185. The van der Waals surface area contributed by atoms with Crippen molar-refractivity contribution in [3.8, 4) is 0 Å². The zero-order valence-corrected chi connectivity index (χ0v) is 5.83. The van der Waals surface area contributed by atoms with Crippen molar-refractivity contribution in [3.05, 3.63) is 12.3 Å². The van der Waals surface area contributed by atoms with Crippen molar-refractivity contribution >= 4 is 10.2 Å². The van der Waals surface area contributed by atoms with Gasteiger partial charge in [0.2, 0.25) is 0 Å². The van der Waals surface area contributed by atoms with Crippen molar-refractivity contribution in [2.45, 2.75) is 13.0 Å². The molecule has 0 aromatic carbocycles. The van der Waals surface area contributed by atoms with Crippen molar-refractivity contribution in [2.75, 3.05) is 0 Å². The Hall–Kier alpha value is -0.550. The molecule has 0 aromatic heterocycles. The maximum atomic E-state index is 10.6. The largest absolute Gasteiger partial charge is 0.299 e. The summed E-state index contributed by atoms with van der Waals surface area (Å²) in [7, 11) is -3.24. The minimum absolute atomic E-state index is 0.185. The summed E-state index contributed by atoms with van der Waals surface area (Å²) in [5.41, 5.74) is 0.495. The molecular weight excluding hydrogens is 140 g/mol. The van der Waals surface area contributed by atoms with Gasteiger partial charge in [-0.05, 0) is 6.92 Å². The Morgan fingerprint density at radius 3 is 2.33 bits per heavy atom. The van der Waals surface area contributed by atoms with Crippen molar-refractivity contribution in [1.29, 1.82) is 0 Å². The summed E-state index contributed by atoms with van der Waals surface area (Å²) in [5, 5.41) is 0. The highest BCUT2D eigenvalue weighted by molar-refractivity contribution is 7.88. The summed E-state index contributed by atoms with van der Waals surface area (Å²) in [6.45, 7) is 5.20. The summed E-state index contributed by atoms with van der Waals surface area (Å²) in [6.07, 6.45) is 0. The van der Waals surface area contributed by atoms with Crippen LogP contribution in [-0.2, 0) is 10.2 Å². The number of nitrogens with one attached hydrogen (secondary N) is 2. The fraction of sp³-hybridized carbons (Fsp3) is 0.500. The molecule has 1 saturated heterocycles. The van der Waals surface area contributed by atoms with E-state index in [-0.39, 0.29) is 6.04 Å². The molecule has 1 atom stereocenters. The molecule has 0 spiro atoms. The molecule has 52 valence electrons. The first-order chi connectivity index (χ1) is 4.01. The Labute approximate surface area is 54.1 Å². The molecule has 5 heteroatoms. The lowest BCUT2D eigenvalue weighted by Gasteiger charge is -1.94. The molecule has 0 bridgehead atoms. The topological polar surface area (TPSA) is 58.2 Å². The van der Waals surface area contributed by atoms with Gasteiger partial charge in [0.1, 0.15) is 0 Å². The Bertz CT molecular complexity index is 231. The van der Waals surface area contributed by atoms with Crippen LogP contribution in [0.15, 0.2) is 12.3 Å². The minimum atomic E-state index is -3.24. The molecule has 0 aliphatic carbocycles. The maximum absolute atomic E-state index is 10.6. The molecule has 0 radical (unpaired) electrons. The molecule has 0 aromatic rings. The van der Waals surface area contributed by atoms with Crippen LogP contribution in [0.25, 0.3) is 0 Å². The SMILES string of the molecule is C=C1NS(=O)(=O)NC1C. The number of hydrogen-bond acceptors (Lipinski definition) is 2. The lowest BCUT2D eigenvalue weighted by Crippen LogP contribution is -2.25. The lowest BCUT2D eigenvalue weighted by atomic mass is 10.3. The normalized spacial score (nSPS) is 32.1. The van der Waals surface area contributed by atoms with Crippen molar-refractivity contribution < 1.29 is 8.42 Å². The Morgan fingerprint density at radius 1 is 1.67 bits per heavy atom. The predicted molar refractivity (Wildman–Crippen MR) is 33.8 cm³/mol. The maximum Gasteiger partial charge on any atom is 0.299 e. The van der Waals surface area contributed by atoms with E-state index in [2.05, 4.69) is 16.0 Å². The second-order valence-electron chi connectivity index (χ2n) is 1.97. The molecular formula is C4H8N2O2S. The summed E-state index contributed by atoms with van der Waals surface area (Å²) < 4.78 is 25.7. The summed E-state index contributed by atoms with van der Waals surface area (Å²) in [4.78, 5) is 0. The second-order valence-corrected chi connectivity index (χ2v) is 3.42. The Morgan fingerprint density at radius 2 is 2.22 bits per heavy atom. The quantitative estimate of drug-likeness (QED) is 0.478. The van der Waals surface area contributed by atoms with Crippen LogP contribution >= 0.6 is 0 Å². The molecule has 1 unspecified atom stereocenters. The van der Waals surface area contributed by atoms with Crippen LogP contribution in [0.3, 0.4) is 0 Å². The summed E-state index contributed by atoms with van der Waals surface area (Å²) >= 11 is 0. The van der Waals surface area contributed by atoms with Gasteiger partial charge in [-0.3, -0.25) is 4.72 Å². The Kier molecular flexibility index (Phi) is 1.25. The fourth-order valence-corrected chi connectivity index (χ4v) is 1.78. The van der Waals surface area contributed by atoms with E-state index in [1.165, 1.54) is 0 Å². The highest BCUT2D eigenvalue weighted by atomic mass is 32.2. The monoisotopic (exact) mass is 148 g/mol. The first kappa shape index (κ1) is 6.57. The molecule has 0 amide bonds. The lowest BCUT2D eigenvalue weighted by molar-refractivity contribution is 0.584. The molecule has 1 fully saturated rings. The first-order valence-electron chi connectivity index (χ1n) is 2.50. The van der Waals surface area contributed by atoms with Crippen LogP contribution < -0.4 is 9.44 Å². The van der Waals surface area contributed by atoms with Crippen molar-refractivity contribution in [1.82, 2.24) is 9.44 Å². The van der Waals surface area contributed by atoms with Gasteiger partial charge in [0.15, 0.2) is 0 Å². The first-order valence-corrected chi connectivity index (χ1v) is 3.98. The fourth-order valence-electron chi connectivity index (χ4n) is 0.594. The van der Waals surface area contributed by atoms with Crippen LogP contribution in [0.1, 0.15) is 6.92 Å². The predicted octanol–water partition coefficient (Wildman–Crippen LogP) is -0.674. The number of hydrogen-bond donors (Lipinski definition) is 2. The van der Waals surface area contributed by atoms with Gasteiger partial charge >= 0.3 is 0 Å². The molecule has 9 heavy (non-hydrogen) atoms. The average Bonchev–Trinajstić information content (AvgIpc) is 1.79. The van der Waals surface area contributed by atoms with Crippen molar-refractivity contribution in [3.63, 3.8) is 0 Å². The number of rotatable bonds is 0. The molecule has 4 nitrogen and oxygen atoms in total. The smallest absolute Gasteiger partial charge is 0.274 e. The highest BCUT2D eigenvalue weighted by Gasteiger charge is 2.25. The zero-order chi connectivity index (χ0) is 7.07. The molecule has 2 N–H and O–H groups in total. The van der Waals surface area contributed by atoms with Gasteiger partial charge in [-0.1, -0.05) is 6.58 Å². The molecule has 1 heterocycles. The van der Waals surface area contributed by atoms with E-state index < -0.39 is 10.2 Å². The molecule has 1 aliphatic rings. The standard InChI is InChI=1S/C4H8N2O2S/c1-3-4(2)6-9(7,8)5-3/h4-6H,1H2,2H3. The van der Waals surface area contributed by atoms with Gasteiger partial charge < -0.3 is 0 Å². The van der Waals surface area contributed by atoms with E-state index in [9.17, 15) is 8.42 Å². The third-order valence-corrected chi connectivity index (χ3v) is 2.31. The van der Waals surface area contributed by atoms with E-state index in [0.29, 0.717) is 5.70 Å². The van der Waals surface area contributed by atoms with Crippen molar-refractivity contribution in [2.24, 2.45) is 0 Å². The van der Waals surface area contributed by atoms with Crippen LogP contribution in [-0.4, -0.2) is 14.5 Å². The third-order valence-electron chi connectivity index (χ3n) is 1.12. The van der Waals surface area contributed by atoms with E-state index >= 15 is 0 Å². The highest BCUT2D eigenvalue weighted by Crippen LogP contribution is 2.04. The van der Waals surface area contributed by atoms with E-state index in [1.54, 1.807) is 6.92 Å². The van der Waals surface area contributed by atoms with Crippen LogP contribution in [0, 0.1) is 0 Å². The van der Waals surface area contributed by atoms with E-state index in [0.717, 1.165) is 0 Å². The minimum Gasteiger partial charge on any atom is -0.274 e. The molecule has 1 aliphatic heterocycles. The van der Waals surface area contributed by atoms with Gasteiger partial charge in [0, 0.05) is 5.70 Å². The van der Waals surface area contributed by atoms with Gasteiger partial charge in [0.25, 0.3) is 10.2 Å². The second kappa shape index (κ2) is 1.71. The third kappa shape index (κ3) is 1.22.